The summed E-state index contributed by atoms with van der Waals surface area (Å²) in [5.41, 5.74) is 7.08. The van der Waals surface area contributed by atoms with Gasteiger partial charge in [0.15, 0.2) is 0 Å². The zero-order valence-electron chi connectivity index (χ0n) is 12.3. The molecule has 1 aliphatic rings. The monoisotopic (exact) mass is 297 g/mol. The number of benzene rings is 1. The molecule has 20 heavy (non-hydrogen) atoms. The molecule has 1 fully saturated rings. The van der Waals surface area contributed by atoms with E-state index in [1.807, 2.05) is 12.1 Å². The summed E-state index contributed by atoms with van der Waals surface area (Å²) in [6.45, 7) is 3.98. The van der Waals surface area contributed by atoms with E-state index in [2.05, 4.69) is 11.8 Å². The first-order valence-electron chi connectivity index (χ1n) is 6.84. The van der Waals surface area contributed by atoms with Crippen molar-refractivity contribution in [1.29, 1.82) is 0 Å². The van der Waals surface area contributed by atoms with E-state index in [0.29, 0.717) is 10.8 Å². The Bertz CT molecular complexity index is 544. The molecule has 2 N–H and O–H groups in total. The van der Waals surface area contributed by atoms with Crippen molar-refractivity contribution >= 4 is 15.7 Å². The standard InChI is InChI=1S/C14H23N3O2S/c1-11-8-12(15)10-17(9-11)13-4-6-14(7-5-13)20(18,19)16(2)3/h4-7,11-12H,8-10,15H2,1-3H3. The topological polar surface area (TPSA) is 66.6 Å². The molecule has 6 heteroatoms. The van der Waals surface area contributed by atoms with E-state index >= 15 is 0 Å². The van der Waals surface area contributed by atoms with Gasteiger partial charge in [-0.2, -0.15) is 0 Å². The fraction of sp³-hybridized carbons (Fsp3) is 0.571. The minimum absolute atomic E-state index is 0.184. The number of piperidine rings is 1. The van der Waals surface area contributed by atoms with Crippen LogP contribution in [0.15, 0.2) is 29.2 Å². The van der Waals surface area contributed by atoms with Crippen molar-refractivity contribution < 1.29 is 8.42 Å². The van der Waals surface area contributed by atoms with E-state index in [1.54, 1.807) is 12.1 Å². The van der Waals surface area contributed by atoms with Crippen molar-refractivity contribution in [2.45, 2.75) is 24.3 Å². The van der Waals surface area contributed by atoms with Crippen molar-refractivity contribution in [2.75, 3.05) is 32.1 Å². The quantitative estimate of drug-likeness (QED) is 0.907. The van der Waals surface area contributed by atoms with Crippen LogP contribution in [0.3, 0.4) is 0 Å². The molecule has 2 atom stereocenters. The Hall–Kier alpha value is -1.11. The SMILES string of the molecule is CC1CC(N)CN(c2ccc(S(=O)(=O)N(C)C)cc2)C1. The number of nitrogens with zero attached hydrogens (tertiary/aromatic N) is 2. The minimum Gasteiger partial charge on any atom is -0.370 e. The van der Waals surface area contributed by atoms with Crippen LogP contribution >= 0.6 is 0 Å². The molecule has 0 radical (unpaired) electrons. The van der Waals surface area contributed by atoms with Crippen molar-refractivity contribution in [3.63, 3.8) is 0 Å². The van der Waals surface area contributed by atoms with Crippen molar-refractivity contribution in [2.24, 2.45) is 11.7 Å². The molecule has 0 aromatic heterocycles. The summed E-state index contributed by atoms with van der Waals surface area (Å²) in [5, 5.41) is 0. The third-order valence-corrected chi connectivity index (χ3v) is 5.50. The average Bonchev–Trinajstić information content (AvgIpc) is 2.37. The minimum atomic E-state index is -3.36. The van der Waals surface area contributed by atoms with E-state index in [-0.39, 0.29) is 6.04 Å². The molecular formula is C14H23N3O2S. The number of rotatable bonds is 3. The van der Waals surface area contributed by atoms with Crippen LogP contribution in [0.5, 0.6) is 0 Å². The molecule has 2 unspecified atom stereocenters. The van der Waals surface area contributed by atoms with E-state index in [0.717, 1.165) is 25.2 Å². The number of anilines is 1. The van der Waals surface area contributed by atoms with E-state index < -0.39 is 10.0 Å². The van der Waals surface area contributed by atoms with Gasteiger partial charge < -0.3 is 10.6 Å². The molecule has 1 aromatic carbocycles. The van der Waals surface area contributed by atoms with Crippen molar-refractivity contribution in [3.8, 4) is 0 Å². The lowest BCUT2D eigenvalue weighted by atomic mass is 9.96. The van der Waals surface area contributed by atoms with Crippen LogP contribution in [0.2, 0.25) is 0 Å². The van der Waals surface area contributed by atoms with Gasteiger partial charge in [0.1, 0.15) is 0 Å². The predicted molar refractivity (Wildman–Crippen MR) is 81.3 cm³/mol. The number of hydrogen-bond donors (Lipinski definition) is 1. The molecule has 1 saturated heterocycles. The highest BCUT2D eigenvalue weighted by atomic mass is 32.2. The lowest BCUT2D eigenvalue weighted by molar-refractivity contribution is 0.401. The molecule has 0 bridgehead atoms. The Kier molecular flexibility index (Phi) is 4.36. The highest BCUT2D eigenvalue weighted by molar-refractivity contribution is 7.89. The highest BCUT2D eigenvalue weighted by Gasteiger charge is 2.23. The Labute approximate surface area is 121 Å². The van der Waals surface area contributed by atoms with Crippen LogP contribution in [0.4, 0.5) is 5.69 Å². The Morgan fingerprint density at radius 1 is 1.20 bits per heavy atom. The summed E-state index contributed by atoms with van der Waals surface area (Å²) >= 11 is 0. The molecule has 0 saturated carbocycles. The summed E-state index contributed by atoms with van der Waals surface area (Å²) < 4.78 is 25.3. The summed E-state index contributed by atoms with van der Waals surface area (Å²) in [6, 6.07) is 7.23. The molecule has 0 spiro atoms. The summed E-state index contributed by atoms with van der Waals surface area (Å²) in [5.74, 6) is 0.559. The van der Waals surface area contributed by atoms with Gasteiger partial charge in [0.2, 0.25) is 10.0 Å². The molecule has 1 heterocycles. The second-order valence-electron chi connectivity index (χ2n) is 5.79. The maximum absolute atomic E-state index is 12.0. The predicted octanol–water partition coefficient (Wildman–Crippen LogP) is 1.11. The first-order valence-corrected chi connectivity index (χ1v) is 8.28. The molecule has 1 aromatic rings. The first kappa shape index (κ1) is 15.3. The van der Waals surface area contributed by atoms with Crippen LogP contribution in [0.25, 0.3) is 0 Å². The van der Waals surface area contributed by atoms with Gasteiger partial charge in [-0.15, -0.1) is 0 Å². The largest absolute Gasteiger partial charge is 0.370 e. The lowest BCUT2D eigenvalue weighted by Gasteiger charge is -2.36. The van der Waals surface area contributed by atoms with Crippen LogP contribution in [-0.4, -0.2) is 45.9 Å². The van der Waals surface area contributed by atoms with Gasteiger partial charge >= 0.3 is 0 Å². The first-order chi connectivity index (χ1) is 9.30. The fourth-order valence-corrected chi connectivity index (χ4v) is 3.55. The zero-order chi connectivity index (χ0) is 14.9. The Balaban J connectivity index is 2.20. The lowest BCUT2D eigenvalue weighted by Crippen LogP contribution is -2.46. The van der Waals surface area contributed by atoms with Crippen LogP contribution < -0.4 is 10.6 Å². The summed E-state index contributed by atoms with van der Waals surface area (Å²) in [7, 11) is -0.283. The average molecular weight is 297 g/mol. The number of hydrogen-bond acceptors (Lipinski definition) is 4. The third-order valence-electron chi connectivity index (χ3n) is 3.67. The number of sulfonamides is 1. The molecule has 0 amide bonds. The Morgan fingerprint density at radius 3 is 2.30 bits per heavy atom. The van der Waals surface area contributed by atoms with E-state index in [4.69, 9.17) is 5.73 Å². The molecule has 2 rings (SSSR count). The smallest absolute Gasteiger partial charge is 0.242 e. The second kappa shape index (κ2) is 5.71. The van der Waals surface area contributed by atoms with Gasteiger partial charge in [-0.1, -0.05) is 6.92 Å². The molecule has 5 nitrogen and oxygen atoms in total. The fourth-order valence-electron chi connectivity index (χ4n) is 2.65. The zero-order valence-corrected chi connectivity index (χ0v) is 13.1. The van der Waals surface area contributed by atoms with Crippen LogP contribution in [-0.2, 0) is 10.0 Å². The summed E-state index contributed by atoms with van der Waals surface area (Å²) in [6.07, 6.45) is 1.05. The normalized spacial score (nSPS) is 24.1. The summed E-state index contributed by atoms with van der Waals surface area (Å²) in [4.78, 5) is 2.55. The second-order valence-corrected chi connectivity index (χ2v) is 7.94. The third kappa shape index (κ3) is 3.13. The maximum atomic E-state index is 12.0. The molecule has 1 aliphatic heterocycles. The van der Waals surface area contributed by atoms with Gasteiger partial charge in [-0.05, 0) is 36.6 Å². The number of nitrogens with two attached hydrogens (primary N) is 1. The van der Waals surface area contributed by atoms with Gasteiger partial charge in [-0.3, -0.25) is 0 Å². The van der Waals surface area contributed by atoms with Crippen molar-refractivity contribution in [3.05, 3.63) is 24.3 Å². The molecular weight excluding hydrogens is 274 g/mol. The van der Waals surface area contributed by atoms with Gasteiger partial charge in [0.05, 0.1) is 4.90 Å². The van der Waals surface area contributed by atoms with Gasteiger partial charge in [-0.25, -0.2) is 12.7 Å². The highest BCUT2D eigenvalue weighted by Crippen LogP contribution is 2.24. The van der Waals surface area contributed by atoms with Crippen LogP contribution in [0, 0.1) is 5.92 Å². The van der Waals surface area contributed by atoms with E-state index in [1.165, 1.54) is 18.4 Å². The van der Waals surface area contributed by atoms with Gasteiger partial charge in [0.25, 0.3) is 0 Å². The van der Waals surface area contributed by atoms with E-state index in [9.17, 15) is 8.42 Å². The molecule has 112 valence electrons. The Morgan fingerprint density at radius 2 is 1.80 bits per heavy atom. The molecule has 0 aliphatic carbocycles. The van der Waals surface area contributed by atoms with Crippen molar-refractivity contribution in [1.82, 2.24) is 4.31 Å². The van der Waals surface area contributed by atoms with Crippen LogP contribution in [0.1, 0.15) is 13.3 Å². The van der Waals surface area contributed by atoms with Gasteiger partial charge in [0, 0.05) is 38.9 Å². The maximum Gasteiger partial charge on any atom is 0.242 e.